The van der Waals surface area contributed by atoms with E-state index in [9.17, 15) is 0 Å². The molecule has 1 aromatic carbocycles. The van der Waals surface area contributed by atoms with Crippen LogP contribution < -0.4 is 11.1 Å². The summed E-state index contributed by atoms with van der Waals surface area (Å²) < 4.78 is 0. The van der Waals surface area contributed by atoms with Crippen molar-refractivity contribution in [3.8, 4) is 0 Å². The van der Waals surface area contributed by atoms with Crippen LogP contribution in [0.25, 0.3) is 0 Å². The molecule has 1 heterocycles. The number of nitrogens with two attached hydrogens (primary N) is 1. The summed E-state index contributed by atoms with van der Waals surface area (Å²) in [6.07, 6.45) is 3.61. The van der Waals surface area contributed by atoms with E-state index >= 15 is 0 Å². The third-order valence-electron chi connectivity index (χ3n) is 4.03. The van der Waals surface area contributed by atoms with Crippen LogP contribution >= 0.6 is 0 Å². The van der Waals surface area contributed by atoms with Crippen LogP contribution in [0.1, 0.15) is 43.7 Å². The summed E-state index contributed by atoms with van der Waals surface area (Å²) >= 11 is 0. The van der Waals surface area contributed by atoms with Gasteiger partial charge in [0.25, 0.3) is 0 Å². The molecule has 0 atom stereocenters. The largest absolute Gasteiger partial charge is 0.330 e. The normalized spacial score (nSPS) is 17.9. The molecule has 100 valence electrons. The molecule has 1 fully saturated rings. The van der Waals surface area contributed by atoms with Gasteiger partial charge < -0.3 is 11.1 Å². The fraction of sp³-hybridized carbons (Fsp3) is 0.625. The van der Waals surface area contributed by atoms with E-state index in [-0.39, 0.29) is 5.41 Å². The highest BCUT2D eigenvalue weighted by atomic mass is 14.9. The van der Waals surface area contributed by atoms with Gasteiger partial charge in [-0.1, -0.05) is 38.1 Å². The zero-order valence-electron chi connectivity index (χ0n) is 11.7. The van der Waals surface area contributed by atoms with E-state index in [2.05, 4.69) is 43.4 Å². The Morgan fingerprint density at radius 1 is 1.17 bits per heavy atom. The number of nitrogens with one attached hydrogen (secondary N) is 1. The molecule has 1 aliphatic rings. The Bertz CT molecular complexity index is 361. The van der Waals surface area contributed by atoms with E-state index in [0.717, 1.165) is 32.0 Å². The van der Waals surface area contributed by atoms with Crippen LogP contribution in [0.4, 0.5) is 0 Å². The standard InChI is InChI=1S/C16H26N2/c1-16(2,12-17)11-13-3-5-14(6-4-13)15-7-9-18-10-8-15/h3-6,15,18H,7-12,17H2,1-2H3. The third kappa shape index (κ3) is 3.56. The second-order valence-electron chi connectivity index (χ2n) is 6.31. The van der Waals surface area contributed by atoms with Gasteiger partial charge in [0.2, 0.25) is 0 Å². The van der Waals surface area contributed by atoms with E-state index in [4.69, 9.17) is 5.73 Å². The van der Waals surface area contributed by atoms with Crippen molar-refractivity contribution >= 4 is 0 Å². The average Bonchev–Trinajstić information content (AvgIpc) is 2.40. The van der Waals surface area contributed by atoms with Gasteiger partial charge in [0.1, 0.15) is 0 Å². The second-order valence-corrected chi connectivity index (χ2v) is 6.31. The highest BCUT2D eigenvalue weighted by molar-refractivity contribution is 5.26. The lowest BCUT2D eigenvalue weighted by Gasteiger charge is -2.24. The van der Waals surface area contributed by atoms with Crippen LogP contribution in [0, 0.1) is 5.41 Å². The molecule has 1 aliphatic heterocycles. The summed E-state index contributed by atoms with van der Waals surface area (Å²) in [6, 6.07) is 9.21. The van der Waals surface area contributed by atoms with Crippen LogP contribution in [0.5, 0.6) is 0 Å². The Balaban J connectivity index is 2.00. The Morgan fingerprint density at radius 2 is 1.78 bits per heavy atom. The SMILES string of the molecule is CC(C)(CN)Cc1ccc(C2CCNCC2)cc1. The van der Waals surface area contributed by atoms with E-state index in [1.165, 1.54) is 24.0 Å². The zero-order chi connectivity index (χ0) is 13.0. The molecule has 2 nitrogen and oxygen atoms in total. The topological polar surface area (TPSA) is 38.0 Å². The van der Waals surface area contributed by atoms with Gasteiger partial charge in [-0.3, -0.25) is 0 Å². The fourth-order valence-corrected chi connectivity index (χ4v) is 2.69. The molecule has 0 saturated carbocycles. The maximum atomic E-state index is 5.79. The van der Waals surface area contributed by atoms with Crippen LogP contribution in [0.2, 0.25) is 0 Å². The maximum Gasteiger partial charge on any atom is -0.00226 e. The third-order valence-corrected chi connectivity index (χ3v) is 4.03. The van der Waals surface area contributed by atoms with Crippen molar-refractivity contribution in [2.45, 2.75) is 39.0 Å². The van der Waals surface area contributed by atoms with E-state index in [1.54, 1.807) is 0 Å². The summed E-state index contributed by atoms with van der Waals surface area (Å²) in [5.74, 6) is 0.753. The minimum atomic E-state index is 0.205. The van der Waals surface area contributed by atoms with Crippen molar-refractivity contribution in [3.63, 3.8) is 0 Å². The molecule has 2 rings (SSSR count). The van der Waals surface area contributed by atoms with Crippen molar-refractivity contribution < 1.29 is 0 Å². The molecule has 0 unspecified atom stereocenters. The molecule has 0 bridgehead atoms. The Kier molecular flexibility index (Phi) is 4.41. The number of benzene rings is 1. The number of piperidine rings is 1. The molecular formula is C16H26N2. The van der Waals surface area contributed by atoms with Gasteiger partial charge in [0.15, 0.2) is 0 Å². The molecule has 0 radical (unpaired) electrons. The Labute approximate surface area is 111 Å². The summed E-state index contributed by atoms with van der Waals surface area (Å²) in [5.41, 5.74) is 8.91. The first-order valence-electron chi connectivity index (χ1n) is 7.10. The van der Waals surface area contributed by atoms with Gasteiger partial charge in [0, 0.05) is 0 Å². The first-order chi connectivity index (χ1) is 8.61. The maximum absolute atomic E-state index is 5.79. The molecule has 1 saturated heterocycles. The van der Waals surface area contributed by atoms with Gasteiger partial charge in [-0.05, 0) is 61.4 Å². The summed E-state index contributed by atoms with van der Waals surface area (Å²) in [7, 11) is 0. The average molecular weight is 246 g/mol. The molecule has 0 amide bonds. The van der Waals surface area contributed by atoms with Gasteiger partial charge in [-0.15, -0.1) is 0 Å². The van der Waals surface area contributed by atoms with Crippen molar-refractivity contribution in [2.75, 3.05) is 19.6 Å². The molecule has 2 heteroatoms. The minimum absolute atomic E-state index is 0.205. The van der Waals surface area contributed by atoms with E-state index in [1.807, 2.05) is 0 Å². The second kappa shape index (κ2) is 5.85. The smallest absolute Gasteiger partial charge is 0.00226 e. The lowest BCUT2D eigenvalue weighted by Crippen LogP contribution is -2.27. The monoisotopic (exact) mass is 246 g/mol. The quantitative estimate of drug-likeness (QED) is 0.857. The van der Waals surface area contributed by atoms with Gasteiger partial charge in [-0.2, -0.15) is 0 Å². The first-order valence-corrected chi connectivity index (χ1v) is 7.10. The first kappa shape index (κ1) is 13.6. The number of rotatable bonds is 4. The van der Waals surface area contributed by atoms with Crippen molar-refractivity contribution in [1.82, 2.24) is 5.32 Å². The summed E-state index contributed by atoms with van der Waals surface area (Å²) in [6.45, 7) is 7.52. The molecule has 3 N–H and O–H groups in total. The minimum Gasteiger partial charge on any atom is -0.330 e. The number of hydrogen-bond acceptors (Lipinski definition) is 2. The number of hydrogen-bond donors (Lipinski definition) is 2. The highest BCUT2D eigenvalue weighted by Crippen LogP contribution is 2.27. The molecule has 18 heavy (non-hydrogen) atoms. The zero-order valence-corrected chi connectivity index (χ0v) is 11.7. The Morgan fingerprint density at radius 3 is 2.33 bits per heavy atom. The van der Waals surface area contributed by atoms with Crippen LogP contribution in [-0.2, 0) is 6.42 Å². The summed E-state index contributed by atoms with van der Waals surface area (Å²) in [5, 5.41) is 3.42. The van der Waals surface area contributed by atoms with Crippen molar-refractivity contribution in [1.29, 1.82) is 0 Å². The van der Waals surface area contributed by atoms with Crippen LogP contribution in [0.3, 0.4) is 0 Å². The lowest BCUT2D eigenvalue weighted by molar-refractivity contribution is 0.376. The van der Waals surface area contributed by atoms with E-state index in [0.29, 0.717) is 0 Å². The predicted molar refractivity (Wildman–Crippen MR) is 77.8 cm³/mol. The summed E-state index contributed by atoms with van der Waals surface area (Å²) in [4.78, 5) is 0. The van der Waals surface area contributed by atoms with Crippen LogP contribution in [0.15, 0.2) is 24.3 Å². The molecule has 0 spiro atoms. The Hall–Kier alpha value is -0.860. The fourth-order valence-electron chi connectivity index (χ4n) is 2.69. The molecule has 0 aromatic heterocycles. The lowest BCUT2D eigenvalue weighted by atomic mass is 9.84. The van der Waals surface area contributed by atoms with E-state index < -0.39 is 0 Å². The molecule has 0 aliphatic carbocycles. The van der Waals surface area contributed by atoms with Crippen LogP contribution in [-0.4, -0.2) is 19.6 Å². The van der Waals surface area contributed by atoms with Gasteiger partial charge in [-0.25, -0.2) is 0 Å². The molecular weight excluding hydrogens is 220 g/mol. The van der Waals surface area contributed by atoms with Gasteiger partial charge in [0.05, 0.1) is 0 Å². The molecule has 1 aromatic rings. The predicted octanol–water partition coefficient (Wildman–Crippen LogP) is 2.68. The highest BCUT2D eigenvalue weighted by Gasteiger charge is 2.17. The van der Waals surface area contributed by atoms with Crippen molar-refractivity contribution in [3.05, 3.63) is 35.4 Å². The van der Waals surface area contributed by atoms with Gasteiger partial charge >= 0.3 is 0 Å². The van der Waals surface area contributed by atoms with Crippen molar-refractivity contribution in [2.24, 2.45) is 11.1 Å².